The first-order valence-electron chi connectivity index (χ1n) is 6.14. The van der Waals surface area contributed by atoms with Crippen molar-refractivity contribution in [2.24, 2.45) is 5.92 Å². The SMILES string of the molecule is O=C1c2cc(F)c(F)cc2C(=O)N1CC1CCNC1. The fourth-order valence-corrected chi connectivity index (χ4v) is 2.58. The van der Waals surface area contributed by atoms with Crippen LogP contribution in [-0.2, 0) is 0 Å². The molecule has 19 heavy (non-hydrogen) atoms. The van der Waals surface area contributed by atoms with E-state index in [9.17, 15) is 18.4 Å². The molecule has 1 fully saturated rings. The second-order valence-electron chi connectivity index (χ2n) is 4.89. The molecule has 2 heterocycles. The van der Waals surface area contributed by atoms with Crippen LogP contribution < -0.4 is 5.32 Å². The third kappa shape index (κ3) is 1.92. The molecule has 2 aliphatic heterocycles. The Morgan fingerprint density at radius 1 is 1.16 bits per heavy atom. The van der Waals surface area contributed by atoms with Gasteiger partial charge in [-0.25, -0.2) is 8.78 Å². The molecule has 1 unspecified atom stereocenters. The van der Waals surface area contributed by atoms with Gasteiger partial charge in [-0.1, -0.05) is 0 Å². The molecule has 1 N–H and O–H groups in total. The van der Waals surface area contributed by atoms with Crippen LogP contribution in [0.5, 0.6) is 0 Å². The molecule has 1 atom stereocenters. The van der Waals surface area contributed by atoms with E-state index in [1.807, 2.05) is 0 Å². The molecule has 0 saturated carbocycles. The number of benzene rings is 1. The molecule has 1 aromatic carbocycles. The van der Waals surface area contributed by atoms with E-state index in [-0.39, 0.29) is 17.0 Å². The number of nitrogens with zero attached hydrogens (tertiary/aromatic N) is 1. The van der Waals surface area contributed by atoms with E-state index in [0.717, 1.165) is 36.5 Å². The maximum atomic E-state index is 13.1. The van der Waals surface area contributed by atoms with Gasteiger partial charge in [0.15, 0.2) is 11.6 Å². The van der Waals surface area contributed by atoms with Crippen molar-refractivity contribution in [3.05, 3.63) is 34.9 Å². The summed E-state index contributed by atoms with van der Waals surface area (Å²) < 4.78 is 26.3. The number of imide groups is 1. The zero-order valence-electron chi connectivity index (χ0n) is 10.1. The van der Waals surface area contributed by atoms with Crippen molar-refractivity contribution in [2.75, 3.05) is 19.6 Å². The molecule has 100 valence electrons. The predicted molar refractivity (Wildman–Crippen MR) is 62.7 cm³/mol. The number of fused-ring (bicyclic) bond motifs is 1. The average molecular weight is 266 g/mol. The van der Waals surface area contributed by atoms with Gasteiger partial charge >= 0.3 is 0 Å². The summed E-state index contributed by atoms with van der Waals surface area (Å²) in [6, 6.07) is 1.61. The zero-order chi connectivity index (χ0) is 13.6. The lowest BCUT2D eigenvalue weighted by Gasteiger charge is -2.17. The molecule has 2 aliphatic rings. The molecule has 2 amide bonds. The third-order valence-electron chi connectivity index (χ3n) is 3.61. The Bertz CT molecular complexity index is 527. The number of rotatable bonds is 2. The summed E-state index contributed by atoms with van der Waals surface area (Å²) >= 11 is 0. The van der Waals surface area contributed by atoms with E-state index in [0.29, 0.717) is 6.54 Å². The number of amides is 2. The summed E-state index contributed by atoms with van der Waals surface area (Å²) in [7, 11) is 0. The highest BCUT2D eigenvalue weighted by molar-refractivity contribution is 6.21. The van der Waals surface area contributed by atoms with Crippen molar-refractivity contribution in [3.8, 4) is 0 Å². The monoisotopic (exact) mass is 266 g/mol. The Labute approximate surface area is 108 Å². The van der Waals surface area contributed by atoms with Gasteiger partial charge in [0.25, 0.3) is 11.8 Å². The summed E-state index contributed by atoms with van der Waals surface area (Å²) in [5.74, 6) is -3.08. The molecule has 0 radical (unpaired) electrons. The standard InChI is InChI=1S/C13H12F2N2O2/c14-10-3-8-9(4-11(10)15)13(19)17(12(8)18)6-7-1-2-16-5-7/h3-4,7,16H,1-2,5-6H2. The van der Waals surface area contributed by atoms with Crippen LogP contribution in [0.2, 0.25) is 0 Å². The fraction of sp³-hybridized carbons (Fsp3) is 0.385. The molecule has 3 rings (SSSR count). The van der Waals surface area contributed by atoms with Gasteiger partial charge in [-0.05, 0) is 37.6 Å². The summed E-state index contributed by atoms with van der Waals surface area (Å²) in [6.07, 6.45) is 0.885. The molecule has 0 aliphatic carbocycles. The minimum absolute atomic E-state index is 0.0464. The maximum absolute atomic E-state index is 13.1. The third-order valence-corrected chi connectivity index (χ3v) is 3.61. The van der Waals surface area contributed by atoms with E-state index >= 15 is 0 Å². The highest BCUT2D eigenvalue weighted by Gasteiger charge is 2.38. The molecule has 4 nitrogen and oxygen atoms in total. The molecular formula is C13H12F2N2O2. The van der Waals surface area contributed by atoms with E-state index in [4.69, 9.17) is 0 Å². The second-order valence-corrected chi connectivity index (χ2v) is 4.89. The van der Waals surface area contributed by atoms with Gasteiger partial charge in [-0.2, -0.15) is 0 Å². The van der Waals surface area contributed by atoms with Crippen LogP contribution in [0.4, 0.5) is 8.78 Å². The van der Waals surface area contributed by atoms with Crippen LogP contribution in [0.1, 0.15) is 27.1 Å². The molecule has 6 heteroatoms. The van der Waals surface area contributed by atoms with Crippen molar-refractivity contribution < 1.29 is 18.4 Å². The van der Waals surface area contributed by atoms with Crippen LogP contribution in [0.25, 0.3) is 0 Å². The fourth-order valence-electron chi connectivity index (χ4n) is 2.58. The van der Waals surface area contributed by atoms with Gasteiger partial charge < -0.3 is 5.32 Å². The van der Waals surface area contributed by atoms with Gasteiger partial charge in [0.2, 0.25) is 0 Å². The maximum Gasteiger partial charge on any atom is 0.261 e. The summed E-state index contributed by atoms with van der Waals surface area (Å²) in [5, 5.41) is 3.15. The number of carbonyl (C=O) groups excluding carboxylic acids is 2. The van der Waals surface area contributed by atoms with E-state index in [1.54, 1.807) is 0 Å². The molecule has 0 bridgehead atoms. The Hall–Kier alpha value is -1.82. The largest absolute Gasteiger partial charge is 0.316 e. The van der Waals surface area contributed by atoms with Crippen LogP contribution >= 0.6 is 0 Å². The van der Waals surface area contributed by atoms with Gasteiger partial charge in [0, 0.05) is 6.54 Å². The van der Waals surface area contributed by atoms with Gasteiger partial charge in [-0.15, -0.1) is 0 Å². The summed E-state index contributed by atoms with van der Waals surface area (Å²) in [4.78, 5) is 25.2. The lowest BCUT2D eigenvalue weighted by atomic mass is 10.1. The Kier molecular flexibility index (Phi) is 2.82. The second kappa shape index (κ2) is 4.38. The van der Waals surface area contributed by atoms with Crippen molar-refractivity contribution in [3.63, 3.8) is 0 Å². The van der Waals surface area contributed by atoms with Crippen LogP contribution in [0.15, 0.2) is 12.1 Å². The normalized spacial score (nSPS) is 22.2. The molecule has 1 saturated heterocycles. The number of carbonyl (C=O) groups is 2. The van der Waals surface area contributed by atoms with Crippen molar-refractivity contribution >= 4 is 11.8 Å². The van der Waals surface area contributed by atoms with Gasteiger partial charge in [-0.3, -0.25) is 14.5 Å². The quantitative estimate of drug-likeness (QED) is 0.817. The summed E-state index contributed by atoms with van der Waals surface area (Å²) in [6.45, 7) is 1.90. The number of nitrogens with one attached hydrogen (secondary N) is 1. The highest BCUT2D eigenvalue weighted by atomic mass is 19.2. The number of hydrogen-bond donors (Lipinski definition) is 1. The van der Waals surface area contributed by atoms with Gasteiger partial charge in [0.05, 0.1) is 11.1 Å². The molecule has 0 spiro atoms. The van der Waals surface area contributed by atoms with Crippen molar-refractivity contribution in [2.45, 2.75) is 6.42 Å². The Morgan fingerprint density at radius 2 is 1.74 bits per heavy atom. The van der Waals surface area contributed by atoms with Crippen LogP contribution in [-0.4, -0.2) is 36.3 Å². The number of halogens is 2. The van der Waals surface area contributed by atoms with Crippen LogP contribution in [0.3, 0.4) is 0 Å². The average Bonchev–Trinajstić information content (AvgIpc) is 2.96. The van der Waals surface area contributed by atoms with E-state index in [2.05, 4.69) is 5.32 Å². The highest BCUT2D eigenvalue weighted by Crippen LogP contribution is 2.26. The Balaban J connectivity index is 1.90. The first-order chi connectivity index (χ1) is 9.08. The molecular weight excluding hydrogens is 254 g/mol. The smallest absolute Gasteiger partial charge is 0.261 e. The van der Waals surface area contributed by atoms with E-state index < -0.39 is 23.4 Å². The van der Waals surface area contributed by atoms with E-state index in [1.165, 1.54) is 0 Å². The zero-order valence-corrected chi connectivity index (χ0v) is 10.1. The molecule has 1 aromatic rings. The number of hydrogen-bond acceptors (Lipinski definition) is 3. The van der Waals surface area contributed by atoms with Crippen molar-refractivity contribution in [1.29, 1.82) is 0 Å². The van der Waals surface area contributed by atoms with Crippen LogP contribution in [0, 0.1) is 17.6 Å². The lowest BCUT2D eigenvalue weighted by molar-refractivity contribution is 0.0633. The molecule has 0 aromatic heterocycles. The summed E-state index contributed by atoms with van der Waals surface area (Å²) in [5.41, 5.74) is -0.0929. The topological polar surface area (TPSA) is 49.4 Å². The van der Waals surface area contributed by atoms with Gasteiger partial charge in [0.1, 0.15) is 0 Å². The first kappa shape index (κ1) is 12.2. The lowest BCUT2D eigenvalue weighted by Crippen LogP contribution is -2.35. The minimum Gasteiger partial charge on any atom is -0.316 e. The first-order valence-corrected chi connectivity index (χ1v) is 6.14. The predicted octanol–water partition coefficient (Wildman–Crippen LogP) is 1.17. The Morgan fingerprint density at radius 3 is 2.21 bits per heavy atom. The minimum atomic E-state index is -1.11. The van der Waals surface area contributed by atoms with Crippen molar-refractivity contribution in [1.82, 2.24) is 10.2 Å².